The second-order valence-corrected chi connectivity index (χ2v) is 5.57. The van der Waals surface area contributed by atoms with Crippen LogP contribution in [0.2, 0.25) is 0 Å². The Morgan fingerprint density at radius 2 is 2.19 bits per heavy atom. The second kappa shape index (κ2) is 8.21. The summed E-state index contributed by atoms with van der Waals surface area (Å²) in [5.74, 6) is 0.746. The molecule has 8 heteroatoms. The number of alkyl halides is 3. The van der Waals surface area contributed by atoms with Crippen molar-refractivity contribution >= 4 is 17.3 Å². The molecule has 0 saturated carbocycles. The lowest BCUT2D eigenvalue weighted by Crippen LogP contribution is -2.40. The van der Waals surface area contributed by atoms with Gasteiger partial charge in [0.2, 0.25) is 0 Å². The number of thiazole rings is 1. The fraction of sp³-hybridized carbons (Fsp3) is 0.692. The maximum Gasteiger partial charge on any atom is 0.434 e. The molecule has 0 unspecified atom stereocenters. The quantitative estimate of drug-likeness (QED) is 0.646. The molecule has 0 aliphatic heterocycles. The van der Waals surface area contributed by atoms with Crippen LogP contribution in [0.25, 0.3) is 0 Å². The van der Waals surface area contributed by atoms with Crippen molar-refractivity contribution in [3.05, 3.63) is 16.1 Å². The maximum absolute atomic E-state index is 12.4. The third-order valence-corrected chi connectivity index (χ3v) is 3.79. The number of halogens is 3. The fourth-order valence-corrected chi connectivity index (χ4v) is 2.53. The van der Waals surface area contributed by atoms with Crippen LogP contribution in [0, 0.1) is 0 Å². The van der Waals surface area contributed by atoms with Crippen molar-refractivity contribution in [1.82, 2.24) is 15.2 Å². The summed E-state index contributed by atoms with van der Waals surface area (Å²) < 4.78 is 37.3. The van der Waals surface area contributed by atoms with Crippen molar-refractivity contribution in [2.24, 2.45) is 4.99 Å². The molecular weight excluding hydrogens is 301 g/mol. The van der Waals surface area contributed by atoms with Gasteiger partial charge in [-0.25, -0.2) is 4.98 Å². The van der Waals surface area contributed by atoms with Gasteiger partial charge in [0.1, 0.15) is 0 Å². The average Bonchev–Trinajstić information content (AvgIpc) is 2.89. The van der Waals surface area contributed by atoms with Crippen LogP contribution in [0.5, 0.6) is 0 Å². The largest absolute Gasteiger partial charge is 0.434 e. The normalized spacial score (nSPS) is 12.6. The minimum atomic E-state index is -4.36. The molecule has 1 heterocycles. The van der Waals surface area contributed by atoms with Gasteiger partial charge in [0.25, 0.3) is 0 Å². The summed E-state index contributed by atoms with van der Waals surface area (Å²) in [5.41, 5.74) is -0.813. The summed E-state index contributed by atoms with van der Waals surface area (Å²) in [4.78, 5) is 9.76. The predicted molar refractivity (Wildman–Crippen MR) is 79.7 cm³/mol. The maximum atomic E-state index is 12.4. The van der Waals surface area contributed by atoms with E-state index >= 15 is 0 Å². The summed E-state index contributed by atoms with van der Waals surface area (Å²) >= 11 is 1.03. The number of guanidine groups is 1. The summed E-state index contributed by atoms with van der Waals surface area (Å²) in [6, 6.07) is 0. The number of nitrogens with zero attached hydrogens (tertiary/aromatic N) is 3. The van der Waals surface area contributed by atoms with E-state index in [2.05, 4.69) is 22.2 Å². The third-order valence-electron chi connectivity index (χ3n) is 2.88. The second-order valence-electron chi connectivity index (χ2n) is 4.62. The molecule has 4 nitrogen and oxygen atoms in total. The van der Waals surface area contributed by atoms with Gasteiger partial charge in [-0.15, -0.1) is 11.3 Å². The molecule has 0 atom stereocenters. The van der Waals surface area contributed by atoms with Gasteiger partial charge in [-0.3, -0.25) is 4.99 Å². The number of hydrogen-bond donors (Lipinski definition) is 1. The summed E-state index contributed by atoms with van der Waals surface area (Å²) in [6.45, 7) is 3.52. The molecule has 1 aromatic heterocycles. The molecule has 0 amide bonds. The third kappa shape index (κ3) is 5.91. The molecule has 0 spiro atoms. The molecule has 1 aromatic rings. The molecule has 0 aliphatic carbocycles. The van der Waals surface area contributed by atoms with Crippen LogP contribution in [-0.2, 0) is 12.6 Å². The van der Waals surface area contributed by atoms with E-state index in [4.69, 9.17) is 0 Å². The van der Waals surface area contributed by atoms with Crippen LogP contribution in [0.15, 0.2) is 10.4 Å². The highest BCUT2D eigenvalue weighted by molar-refractivity contribution is 7.09. The molecule has 0 saturated heterocycles. The molecule has 0 aliphatic rings. The van der Waals surface area contributed by atoms with Gasteiger partial charge in [0.05, 0.1) is 5.01 Å². The van der Waals surface area contributed by atoms with Crippen LogP contribution < -0.4 is 5.32 Å². The van der Waals surface area contributed by atoms with Crippen LogP contribution in [-0.4, -0.2) is 43.0 Å². The van der Waals surface area contributed by atoms with Crippen molar-refractivity contribution in [2.75, 3.05) is 27.2 Å². The van der Waals surface area contributed by atoms with Gasteiger partial charge in [0.15, 0.2) is 11.7 Å². The number of unbranched alkanes of at least 4 members (excludes halogenated alkanes) is 1. The minimum absolute atomic E-state index is 0.446. The SMILES string of the molecule is CCCCN(C)C(=NC)NCCc1nc(C(F)(F)F)cs1. The lowest BCUT2D eigenvalue weighted by atomic mass is 10.3. The highest BCUT2D eigenvalue weighted by atomic mass is 32.1. The molecule has 0 fully saturated rings. The zero-order chi connectivity index (χ0) is 15.9. The van der Waals surface area contributed by atoms with Crippen molar-refractivity contribution in [2.45, 2.75) is 32.4 Å². The number of hydrogen-bond acceptors (Lipinski definition) is 3. The highest BCUT2D eigenvalue weighted by Crippen LogP contribution is 2.29. The van der Waals surface area contributed by atoms with E-state index in [-0.39, 0.29) is 0 Å². The zero-order valence-corrected chi connectivity index (χ0v) is 13.3. The van der Waals surface area contributed by atoms with E-state index in [0.29, 0.717) is 18.0 Å². The lowest BCUT2D eigenvalue weighted by Gasteiger charge is -2.21. The Balaban J connectivity index is 2.43. The van der Waals surface area contributed by atoms with Crippen LogP contribution in [0.1, 0.15) is 30.5 Å². The lowest BCUT2D eigenvalue weighted by molar-refractivity contribution is -0.140. The first-order chi connectivity index (χ1) is 9.88. The Hall–Kier alpha value is -1.31. The summed E-state index contributed by atoms with van der Waals surface area (Å²) in [7, 11) is 3.63. The monoisotopic (exact) mass is 322 g/mol. The van der Waals surface area contributed by atoms with Gasteiger partial charge in [-0.2, -0.15) is 13.2 Å². The first-order valence-electron chi connectivity index (χ1n) is 6.81. The Kier molecular flexibility index (Phi) is 6.94. The van der Waals surface area contributed by atoms with E-state index in [1.165, 1.54) is 0 Å². The Morgan fingerprint density at radius 1 is 1.48 bits per heavy atom. The van der Waals surface area contributed by atoms with Crippen molar-refractivity contribution in [3.63, 3.8) is 0 Å². The zero-order valence-electron chi connectivity index (χ0n) is 12.5. The van der Waals surface area contributed by atoms with Crippen LogP contribution in [0.3, 0.4) is 0 Å². The molecule has 1 N–H and O–H groups in total. The molecule has 0 bridgehead atoms. The molecule has 0 aromatic carbocycles. The molecule has 1 rings (SSSR count). The van der Waals surface area contributed by atoms with E-state index in [1.807, 2.05) is 11.9 Å². The predicted octanol–water partition coefficient (Wildman–Crippen LogP) is 3.01. The van der Waals surface area contributed by atoms with E-state index in [0.717, 1.165) is 42.1 Å². The Morgan fingerprint density at radius 3 is 2.71 bits per heavy atom. The standard InChI is InChI=1S/C13H21F3N4S/c1-4-5-8-20(3)12(17-2)18-7-6-11-19-10(9-21-11)13(14,15)16/h9H,4-8H2,1-3H3,(H,17,18). The number of aliphatic imine (C=N–C) groups is 1. The smallest absolute Gasteiger partial charge is 0.356 e. The average molecular weight is 322 g/mol. The summed E-state index contributed by atoms with van der Waals surface area (Å²) in [5, 5.41) is 4.66. The fourth-order valence-electron chi connectivity index (χ4n) is 1.72. The number of rotatable bonds is 6. The summed E-state index contributed by atoms with van der Waals surface area (Å²) in [6.07, 6.45) is -1.75. The van der Waals surface area contributed by atoms with Gasteiger partial charge in [-0.1, -0.05) is 13.3 Å². The number of aromatic nitrogens is 1. The molecule has 0 radical (unpaired) electrons. The van der Waals surface area contributed by atoms with Gasteiger partial charge in [-0.05, 0) is 6.42 Å². The Labute approximate surface area is 127 Å². The van der Waals surface area contributed by atoms with Gasteiger partial charge < -0.3 is 10.2 Å². The Bertz CT molecular complexity index is 457. The molecule has 21 heavy (non-hydrogen) atoms. The van der Waals surface area contributed by atoms with E-state index in [1.54, 1.807) is 7.05 Å². The van der Waals surface area contributed by atoms with E-state index in [9.17, 15) is 13.2 Å². The molecule has 120 valence electrons. The highest BCUT2D eigenvalue weighted by Gasteiger charge is 2.33. The van der Waals surface area contributed by atoms with Crippen molar-refractivity contribution < 1.29 is 13.2 Å². The van der Waals surface area contributed by atoms with Crippen molar-refractivity contribution in [1.29, 1.82) is 0 Å². The first-order valence-corrected chi connectivity index (χ1v) is 7.69. The van der Waals surface area contributed by atoms with Gasteiger partial charge >= 0.3 is 6.18 Å². The topological polar surface area (TPSA) is 40.5 Å². The number of nitrogens with one attached hydrogen (secondary N) is 1. The minimum Gasteiger partial charge on any atom is -0.356 e. The molecular formula is C13H21F3N4S. The van der Waals surface area contributed by atoms with Crippen molar-refractivity contribution in [3.8, 4) is 0 Å². The van der Waals surface area contributed by atoms with E-state index < -0.39 is 11.9 Å². The van der Waals surface area contributed by atoms with Crippen LogP contribution in [0.4, 0.5) is 13.2 Å². The van der Waals surface area contributed by atoms with Gasteiger partial charge in [0, 0.05) is 39.0 Å². The van der Waals surface area contributed by atoms with Crippen LogP contribution >= 0.6 is 11.3 Å². The first kappa shape index (κ1) is 17.7.